The van der Waals surface area contributed by atoms with Crippen LogP contribution in [0.3, 0.4) is 0 Å². The van der Waals surface area contributed by atoms with Gasteiger partial charge in [-0.2, -0.15) is 0 Å². The van der Waals surface area contributed by atoms with Gasteiger partial charge in [0, 0.05) is 5.69 Å². The second kappa shape index (κ2) is 8.73. The Morgan fingerprint density at radius 2 is 1.60 bits per heavy atom. The van der Waals surface area contributed by atoms with Crippen LogP contribution in [0, 0.1) is 5.92 Å². The van der Waals surface area contributed by atoms with Crippen LogP contribution in [-0.2, 0) is 9.53 Å². The van der Waals surface area contributed by atoms with E-state index in [9.17, 15) is 9.59 Å². The van der Waals surface area contributed by atoms with Gasteiger partial charge in [0.1, 0.15) is 5.75 Å². The first-order chi connectivity index (χ1) is 12.0. The number of nitrogens with one attached hydrogen (secondary N) is 2. The number of hydrogen-bond donors (Lipinski definition) is 2. The van der Waals surface area contributed by atoms with Crippen LogP contribution in [0.25, 0.3) is 0 Å². The summed E-state index contributed by atoms with van der Waals surface area (Å²) in [6, 6.07) is 15.4. The lowest BCUT2D eigenvalue weighted by atomic mass is 9.94. The maximum Gasteiger partial charge on any atom is 0.319 e. The topological polar surface area (TPSA) is 76.7 Å². The average molecular weight is 342 g/mol. The van der Waals surface area contributed by atoms with E-state index in [1.807, 2.05) is 30.3 Å². The Morgan fingerprint density at radius 1 is 0.960 bits per heavy atom. The maximum absolute atomic E-state index is 12.4. The van der Waals surface area contributed by atoms with Crippen molar-refractivity contribution in [1.82, 2.24) is 5.32 Å². The van der Waals surface area contributed by atoms with Crippen molar-refractivity contribution >= 4 is 17.7 Å². The monoisotopic (exact) mass is 342 g/mol. The highest BCUT2D eigenvalue weighted by Gasteiger charge is 2.27. The molecule has 0 aliphatic heterocycles. The summed E-state index contributed by atoms with van der Waals surface area (Å²) < 4.78 is 9.90. The van der Waals surface area contributed by atoms with E-state index in [1.165, 1.54) is 7.11 Å². The molecule has 6 nitrogen and oxygen atoms in total. The summed E-state index contributed by atoms with van der Waals surface area (Å²) in [7, 11) is 2.91. The van der Waals surface area contributed by atoms with E-state index in [0.29, 0.717) is 11.4 Å². The lowest BCUT2D eigenvalue weighted by molar-refractivity contribution is -0.145. The van der Waals surface area contributed by atoms with Crippen molar-refractivity contribution in [3.8, 4) is 5.75 Å². The van der Waals surface area contributed by atoms with Crippen molar-refractivity contribution in [2.24, 2.45) is 5.92 Å². The molecule has 0 radical (unpaired) electrons. The van der Waals surface area contributed by atoms with E-state index in [-0.39, 0.29) is 0 Å². The number of esters is 1. The Kier molecular flexibility index (Phi) is 6.39. The summed E-state index contributed by atoms with van der Waals surface area (Å²) in [6.45, 7) is 1.72. The molecule has 2 amide bonds. The quantitative estimate of drug-likeness (QED) is 0.789. The fraction of sp³-hybridized carbons (Fsp3) is 0.263. The van der Waals surface area contributed by atoms with Gasteiger partial charge in [-0.15, -0.1) is 0 Å². The second-order valence-electron chi connectivity index (χ2n) is 5.53. The van der Waals surface area contributed by atoms with Gasteiger partial charge in [-0.25, -0.2) is 4.79 Å². The third kappa shape index (κ3) is 4.97. The van der Waals surface area contributed by atoms with E-state index in [2.05, 4.69) is 10.6 Å². The number of carbonyl (C=O) groups is 2. The number of rotatable bonds is 6. The minimum absolute atomic E-state index is 0.390. The van der Waals surface area contributed by atoms with Gasteiger partial charge in [0.25, 0.3) is 0 Å². The largest absolute Gasteiger partial charge is 0.497 e. The van der Waals surface area contributed by atoms with Gasteiger partial charge >= 0.3 is 12.0 Å². The van der Waals surface area contributed by atoms with Crippen molar-refractivity contribution in [1.29, 1.82) is 0 Å². The van der Waals surface area contributed by atoms with E-state index >= 15 is 0 Å². The molecule has 0 saturated heterocycles. The fourth-order valence-electron chi connectivity index (χ4n) is 2.46. The normalized spacial score (nSPS) is 12.6. The van der Waals surface area contributed by atoms with Crippen molar-refractivity contribution in [3.63, 3.8) is 0 Å². The number of ether oxygens (including phenoxy) is 2. The molecule has 25 heavy (non-hydrogen) atoms. The molecule has 0 heterocycles. The molecule has 2 aromatic rings. The van der Waals surface area contributed by atoms with Crippen molar-refractivity contribution in [2.45, 2.75) is 13.0 Å². The number of benzene rings is 2. The third-order valence-corrected chi connectivity index (χ3v) is 3.87. The zero-order chi connectivity index (χ0) is 18.2. The maximum atomic E-state index is 12.4. The van der Waals surface area contributed by atoms with Crippen LogP contribution in [-0.4, -0.2) is 26.2 Å². The molecule has 0 aromatic heterocycles. The van der Waals surface area contributed by atoms with Crippen LogP contribution in [0.5, 0.6) is 5.75 Å². The molecule has 0 fully saturated rings. The minimum Gasteiger partial charge on any atom is -0.497 e. The number of amides is 2. The standard InChI is InChI=1S/C19H22N2O4/c1-13(18(22)25-3)17(14-7-5-4-6-8-14)21-19(23)20-15-9-11-16(24-2)12-10-15/h4-13,17H,1-3H3,(H2,20,21,23). The highest BCUT2D eigenvalue weighted by Crippen LogP contribution is 2.23. The Balaban J connectivity index is 2.12. The number of anilines is 1. The van der Waals surface area contributed by atoms with Crippen molar-refractivity contribution in [2.75, 3.05) is 19.5 Å². The first kappa shape index (κ1) is 18.3. The molecule has 2 unspecified atom stereocenters. The molecule has 132 valence electrons. The molecule has 0 aliphatic rings. The molecular formula is C19H22N2O4. The predicted octanol–water partition coefficient (Wildman–Crippen LogP) is 3.37. The van der Waals surface area contributed by atoms with Crippen LogP contribution in [0.2, 0.25) is 0 Å². The summed E-state index contributed by atoms with van der Waals surface area (Å²) >= 11 is 0. The molecule has 6 heteroatoms. The van der Waals surface area contributed by atoms with Gasteiger partial charge in [-0.3, -0.25) is 4.79 Å². The third-order valence-electron chi connectivity index (χ3n) is 3.87. The minimum atomic E-state index is -0.533. The summed E-state index contributed by atoms with van der Waals surface area (Å²) in [5.74, 6) is -0.222. The number of methoxy groups -OCH3 is 2. The highest BCUT2D eigenvalue weighted by molar-refractivity contribution is 5.90. The Labute approximate surface area is 147 Å². The molecule has 0 aliphatic carbocycles. The Bertz CT molecular complexity index is 701. The molecule has 0 bridgehead atoms. The van der Waals surface area contributed by atoms with E-state index in [1.54, 1.807) is 38.3 Å². The Hall–Kier alpha value is -3.02. The van der Waals surface area contributed by atoms with Crippen molar-refractivity contribution in [3.05, 3.63) is 60.2 Å². The SMILES string of the molecule is COC(=O)C(C)C(NC(=O)Nc1ccc(OC)cc1)c1ccccc1. The summed E-state index contributed by atoms with van der Waals surface area (Å²) in [4.78, 5) is 24.3. The molecule has 2 atom stereocenters. The molecule has 0 saturated carbocycles. The van der Waals surface area contributed by atoms with Crippen LogP contribution in [0.1, 0.15) is 18.5 Å². The molecular weight excluding hydrogens is 320 g/mol. The summed E-state index contributed by atoms with van der Waals surface area (Å²) in [5.41, 5.74) is 1.45. The highest BCUT2D eigenvalue weighted by atomic mass is 16.5. The van der Waals surface area contributed by atoms with Gasteiger partial charge in [-0.05, 0) is 36.8 Å². The first-order valence-electron chi connectivity index (χ1n) is 7.89. The zero-order valence-corrected chi connectivity index (χ0v) is 14.5. The van der Waals surface area contributed by atoms with Gasteiger partial charge in [-0.1, -0.05) is 30.3 Å². The summed E-state index contributed by atoms with van der Waals surface area (Å²) in [6.07, 6.45) is 0. The zero-order valence-electron chi connectivity index (χ0n) is 14.5. The van der Waals surface area contributed by atoms with E-state index < -0.39 is 24.0 Å². The van der Waals surface area contributed by atoms with Crippen LogP contribution < -0.4 is 15.4 Å². The molecule has 2 aromatic carbocycles. The van der Waals surface area contributed by atoms with Crippen molar-refractivity contribution < 1.29 is 19.1 Å². The van der Waals surface area contributed by atoms with Crippen LogP contribution >= 0.6 is 0 Å². The van der Waals surface area contributed by atoms with E-state index in [0.717, 1.165) is 5.56 Å². The van der Waals surface area contributed by atoms with Crippen LogP contribution in [0.15, 0.2) is 54.6 Å². The number of hydrogen-bond acceptors (Lipinski definition) is 4. The second-order valence-corrected chi connectivity index (χ2v) is 5.53. The van der Waals surface area contributed by atoms with Gasteiger partial charge < -0.3 is 20.1 Å². The van der Waals surface area contributed by atoms with Gasteiger partial charge in [0.15, 0.2) is 0 Å². The molecule has 2 N–H and O–H groups in total. The molecule has 0 spiro atoms. The van der Waals surface area contributed by atoms with Gasteiger partial charge in [0.2, 0.25) is 0 Å². The predicted molar refractivity (Wildman–Crippen MR) is 95.5 cm³/mol. The van der Waals surface area contributed by atoms with Gasteiger partial charge in [0.05, 0.1) is 26.2 Å². The summed E-state index contributed by atoms with van der Waals surface area (Å²) in [5, 5.41) is 5.59. The molecule has 2 rings (SSSR count). The van der Waals surface area contributed by atoms with E-state index in [4.69, 9.17) is 9.47 Å². The Morgan fingerprint density at radius 3 is 2.16 bits per heavy atom. The van der Waals surface area contributed by atoms with Crippen LogP contribution in [0.4, 0.5) is 10.5 Å². The number of urea groups is 1. The number of carbonyl (C=O) groups excluding carboxylic acids is 2. The smallest absolute Gasteiger partial charge is 0.319 e. The lowest BCUT2D eigenvalue weighted by Crippen LogP contribution is -2.38. The fourth-order valence-corrected chi connectivity index (χ4v) is 2.46. The average Bonchev–Trinajstić information content (AvgIpc) is 2.66. The lowest BCUT2D eigenvalue weighted by Gasteiger charge is -2.24. The first-order valence-corrected chi connectivity index (χ1v) is 7.89.